The standard InChI is InChI=1S/C23H26N2O6/c1-15(22(28)24-11-13-30-12-10-21(26)27)25-23(29)31-14-20-18-8-4-2-6-16(18)17-7-3-5-9-19(17)20/h2-9,15,20H,10-14H2,1H3,(H,24,28)(H,25,29)(H,26,27)/t15-/m0/s1. The third-order valence-corrected chi connectivity index (χ3v) is 5.08. The van der Waals surface area contributed by atoms with Crippen molar-refractivity contribution in [3.8, 4) is 11.1 Å². The van der Waals surface area contributed by atoms with Crippen LogP contribution < -0.4 is 10.6 Å². The molecule has 8 nitrogen and oxygen atoms in total. The molecule has 0 spiro atoms. The summed E-state index contributed by atoms with van der Waals surface area (Å²) < 4.78 is 10.5. The number of aliphatic carboxylic acids is 1. The highest BCUT2D eigenvalue weighted by Gasteiger charge is 2.29. The maximum absolute atomic E-state index is 12.2. The summed E-state index contributed by atoms with van der Waals surface area (Å²) in [6, 6.07) is 15.3. The van der Waals surface area contributed by atoms with Crippen LogP contribution in [0.5, 0.6) is 0 Å². The summed E-state index contributed by atoms with van der Waals surface area (Å²) in [5.74, 6) is -1.37. The molecule has 164 valence electrons. The first-order valence-electron chi connectivity index (χ1n) is 10.2. The summed E-state index contributed by atoms with van der Waals surface area (Å²) in [5.41, 5.74) is 4.52. The minimum Gasteiger partial charge on any atom is -0.481 e. The zero-order valence-electron chi connectivity index (χ0n) is 17.3. The number of carboxylic acid groups (broad SMARTS) is 1. The summed E-state index contributed by atoms with van der Waals surface area (Å²) in [6.45, 7) is 2.22. The molecule has 3 rings (SSSR count). The number of alkyl carbamates (subject to hydrolysis) is 1. The molecule has 8 heteroatoms. The van der Waals surface area contributed by atoms with Crippen LogP contribution in [0.3, 0.4) is 0 Å². The van der Waals surface area contributed by atoms with E-state index in [4.69, 9.17) is 14.6 Å². The van der Waals surface area contributed by atoms with Crippen molar-refractivity contribution in [2.24, 2.45) is 0 Å². The van der Waals surface area contributed by atoms with Crippen LogP contribution in [0.15, 0.2) is 48.5 Å². The number of rotatable bonds is 10. The van der Waals surface area contributed by atoms with Gasteiger partial charge in [-0.15, -0.1) is 0 Å². The third-order valence-electron chi connectivity index (χ3n) is 5.08. The van der Waals surface area contributed by atoms with E-state index in [0.717, 1.165) is 22.3 Å². The Labute approximate surface area is 180 Å². The van der Waals surface area contributed by atoms with Crippen LogP contribution in [0, 0.1) is 0 Å². The van der Waals surface area contributed by atoms with Crippen LogP contribution in [-0.4, -0.2) is 55.5 Å². The minimum atomic E-state index is -0.940. The number of fused-ring (bicyclic) bond motifs is 3. The van der Waals surface area contributed by atoms with E-state index in [1.165, 1.54) is 0 Å². The molecule has 0 radical (unpaired) electrons. The smallest absolute Gasteiger partial charge is 0.407 e. The van der Waals surface area contributed by atoms with Gasteiger partial charge in [-0.25, -0.2) is 4.79 Å². The van der Waals surface area contributed by atoms with Crippen molar-refractivity contribution in [2.75, 3.05) is 26.4 Å². The third kappa shape index (κ3) is 5.82. The molecule has 0 saturated heterocycles. The molecule has 2 aromatic rings. The highest BCUT2D eigenvalue weighted by molar-refractivity contribution is 5.85. The van der Waals surface area contributed by atoms with E-state index in [-0.39, 0.29) is 44.6 Å². The molecule has 1 aliphatic rings. The summed E-state index contributed by atoms with van der Waals surface area (Å²) in [5, 5.41) is 13.7. The number of hydrogen-bond donors (Lipinski definition) is 3. The maximum Gasteiger partial charge on any atom is 0.407 e. The quantitative estimate of drug-likeness (QED) is 0.503. The molecular formula is C23H26N2O6. The van der Waals surface area contributed by atoms with Gasteiger partial charge in [0, 0.05) is 12.5 Å². The summed E-state index contributed by atoms with van der Waals surface area (Å²) in [6.07, 6.45) is -0.754. The van der Waals surface area contributed by atoms with Crippen molar-refractivity contribution >= 4 is 18.0 Å². The number of hydrogen-bond acceptors (Lipinski definition) is 5. The topological polar surface area (TPSA) is 114 Å². The van der Waals surface area contributed by atoms with Gasteiger partial charge in [0.25, 0.3) is 0 Å². The second-order valence-corrected chi connectivity index (χ2v) is 7.24. The van der Waals surface area contributed by atoms with E-state index in [2.05, 4.69) is 22.8 Å². The van der Waals surface area contributed by atoms with Crippen LogP contribution in [0.25, 0.3) is 11.1 Å². The van der Waals surface area contributed by atoms with Crippen LogP contribution in [0.2, 0.25) is 0 Å². The normalized spacial score (nSPS) is 13.1. The van der Waals surface area contributed by atoms with Crippen molar-refractivity contribution in [3.63, 3.8) is 0 Å². The van der Waals surface area contributed by atoms with Crippen LogP contribution >= 0.6 is 0 Å². The van der Waals surface area contributed by atoms with Crippen molar-refractivity contribution in [2.45, 2.75) is 25.3 Å². The Kier molecular flexibility index (Phi) is 7.61. The lowest BCUT2D eigenvalue weighted by molar-refractivity contribution is -0.138. The molecule has 2 aromatic carbocycles. The fourth-order valence-electron chi connectivity index (χ4n) is 3.54. The van der Waals surface area contributed by atoms with Crippen molar-refractivity contribution < 1.29 is 29.0 Å². The van der Waals surface area contributed by atoms with Gasteiger partial charge in [-0.1, -0.05) is 48.5 Å². The lowest BCUT2D eigenvalue weighted by Gasteiger charge is -2.17. The lowest BCUT2D eigenvalue weighted by Crippen LogP contribution is -2.46. The molecular weight excluding hydrogens is 400 g/mol. The number of benzene rings is 2. The van der Waals surface area contributed by atoms with Gasteiger partial charge in [-0.05, 0) is 29.2 Å². The molecule has 0 heterocycles. The zero-order chi connectivity index (χ0) is 22.2. The van der Waals surface area contributed by atoms with Gasteiger partial charge in [0.2, 0.25) is 5.91 Å². The van der Waals surface area contributed by atoms with E-state index in [1.807, 2.05) is 36.4 Å². The fourth-order valence-corrected chi connectivity index (χ4v) is 3.54. The molecule has 0 aliphatic heterocycles. The SMILES string of the molecule is C[C@H](NC(=O)OCC1c2ccccc2-c2ccccc21)C(=O)NCCOCCC(=O)O. The molecule has 0 fully saturated rings. The van der Waals surface area contributed by atoms with Crippen LogP contribution in [0.1, 0.15) is 30.4 Å². The van der Waals surface area contributed by atoms with Crippen molar-refractivity contribution in [1.82, 2.24) is 10.6 Å². The molecule has 1 atom stereocenters. The first kappa shape index (κ1) is 22.3. The first-order chi connectivity index (χ1) is 15.0. The number of carboxylic acids is 1. The number of ether oxygens (including phenoxy) is 2. The van der Waals surface area contributed by atoms with E-state index in [0.29, 0.717) is 0 Å². The van der Waals surface area contributed by atoms with Gasteiger partial charge in [-0.2, -0.15) is 0 Å². The molecule has 3 N–H and O–H groups in total. The molecule has 2 amide bonds. The number of amides is 2. The van der Waals surface area contributed by atoms with Gasteiger partial charge < -0.3 is 25.2 Å². The molecule has 0 aromatic heterocycles. The Morgan fingerprint density at radius 3 is 2.23 bits per heavy atom. The maximum atomic E-state index is 12.2. The molecule has 0 bridgehead atoms. The zero-order valence-corrected chi connectivity index (χ0v) is 17.3. The predicted octanol–water partition coefficient (Wildman–Crippen LogP) is 2.52. The number of nitrogens with one attached hydrogen (secondary N) is 2. The van der Waals surface area contributed by atoms with E-state index >= 15 is 0 Å². The van der Waals surface area contributed by atoms with Gasteiger partial charge in [-0.3, -0.25) is 9.59 Å². The Hall–Kier alpha value is -3.39. The monoisotopic (exact) mass is 426 g/mol. The second-order valence-electron chi connectivity index (χ2n) is 7.24. The van der Waals surface area contributed by atoms with E-state index in [1.54, 1.807) is 6.92 Å². The predicted molar refractivity (Wildman–Crippen MR) is 114 cm³/mol. The molecule has 1 aliphatic carbocycles. The molecule has 31 heavy (non-hydrogen) atoms. The Morgan fingerprint density at radius 1 is 1.00 bits per heavy atom. The minimum absolute atomic E-state index is 0.0507. The van der Waals surface area contributed by atoms with E-state index in [9.17, 15) is 14.4 Å². The lowest BCUT2D eigenvalue weighted by atomic mass is 9.98. The van der Waals surface area contributed by atoms with Gasteiger partial charge in [0.15, 0.2) is 0 Å². The van der Waals surface area contributed by atoms with Gasteiger partial charge in [0.05, 0.1) is 19.6 Å². The average molecular weight is 426 g/mol. The number of carbonyl (C=O) groups is 3. The highest BCUT2D eigenvalue weighted by atomic mass is 16.5. The number of carbonyl (C=O) groups excluding carboxylic acids is 2. The molecule has 0 saturated carbocycles. The van der Waals surface area contributed by atoms with Crippen molar-refractivity contribution in [3.05, 3.63) is 59.7 Å². The second kappa shape index (κ2) is 10.6. The van der Waals surface area contributed by atoms with Crippen LogP contribution in [0.4, 0.5) is 4.79 Å². The average Bonchev–Trinajstić information content (AvgIpc) is 3.08. The van der Waals surface area contributed by atoms with E-state index < -0.39 is 18.1 Å². The fraction of sp³-hybridized carbons (Fsp3) is 0.348. The highest BCUT2D eigenvalue weighted by Crippen LogP contribution is 2.44. The Morgan fingerprint density at radius 2 is 1.61 bits per heavy atom. The Balaban J connectivity index is 1.44. The summed E-state index contributed by atoms with van der Waals surface area (Å²) in [7, 11) is 0. The first-order valence-corrected chi connectivity index (χ1v) is 10.2. The Bertz CT molecular complexity index is 900. The summed E-state index contributed by atoms with van der Waals surface area (Å²) in [4.78, 5) is 34.7. The van der Waals surface area contributed by atoms with Gasteiger partial charge in [0.1, 0.15) is 12.6 Å². The van der Waals surface area contributed by atoms with Crippen molar-refractivity contribution in [1.29, 1.82) is 0 Å². The largest absolute Gasteiger partial charge is 0.481 e. The molecule has 0 unspecified atom stereocenters. The summed E-state index contributed by atoms with van der Waals surface area (Å²) >= 11 is 0. The van der Waals surface area contributed by atoms with Crippen LogP contribution in [-0.2, 0) is 19.1 Å². The van der Waals surface area contributed by atoms with Gasteiger partial charge >= 0.3 is 12.1 Å².